The van der Waals surface area contributed by atoms with E-state index in [9.17, 15) is 0 Å². The van der Waals surface area contributed by atoms with E-state index in [1.807, 2.05) is 0 Å². The summed E-state index contributed by atoms with van der Waals surface area (Å²) < 4.78 is 1.10. The predicted molar refractivity (Wildman–Crippen MR) is 137 cm³/mol. The smallest absolute Gasteiger partial charge is 0.0490 e. The van der Waals surface area contributed by atoms with Crippen molar-refractivity contribution in [2.45, 2.75) is 19.3 Å². The molecule has 0 amide bonds. The number of hydrogen-bond acceptors (Lipinski definition) is 0. The summed E-state index contributed by atoms with van der Waals surface area (Å²) in [7, 11) is 0. The molecule has 6 rings (SSSR count). The van der Waals surface area contributed by atoms with Crippen LogP contribution >= 0.6 is 27.5 Å². The van der Waals surface area contributed by atoms with Crippen molar-refractivity contribution < 1.29 is 0 Å². The van der Waals surface area contributed by atoms with Crippen LogP contribution in [0.25, 0.3) is 43.8 Å². The Labute approximate surface area is 195 Å². The zero-order valence-electron chi connectivity index (χ0n) is 17.3. The van der Waals surface area contributed by atoms with Crippen LogP contribution in [0.15, 0.2) is 89.4 Å². The molecule has 0 nitrogen and oxygen atoms in total. The molecule has 31 heavy (non-hydrogen) atoms. The molecule has 150 valence electrons. The molecular formula is C29H20BrCl. The summed E-state index contributed by atoms with van der Waals surface area (Å²) >= 11 is 10.4. The van der Waals surface area contributed by atoms with Crippen LogP contribution in [0.2, 0.25) is 5.02 Å². The van der Waals surface area contributed by atoms with Crippen LogP contribution in [0.4, 0.5) is 0 Å². The maximum absolute atomic E-state index is 6.86. The third-order valence-corrected chi connectivity index (χ3v) is 7.59. The standard InChI is InChI=1S/C29H20BrCl/c1-29(2)26-6-4-3-5-23(26)25-16-28(31)24(15-27(25)29)18-9-11-21-17(13-18)7-8-19-14-20(30)10-12-22(19)21/h3-16H,1-2H3. The van der Waals surface area contributed by atoms with Crippen molar-refractivity contribution in [2.24, 2.45) is 0 Å². The Morgan fingerprint density at radius 3 is 2.16 bits per heavy atom. The number of hydrogen-bond donors (Lipinski definition) is 0. The minimum Gasteiger partial charge on any atom is -0.0836 e. The fourth-order valence-electron chi connectivity index (χ4n) is 5.15. The van der Waals surface area contributed by atoms with E-state index in [2.05, 4.69) is 115 Å². The SMILES string of the molecule is CC1(C)c2ccccc2-c2cc(Cl)c(-c3ccc4c(ccc5cc(Br)ccc54)c3)cc21. The van der Waals surface area contributed by atoms with Gasteiger partial charge in [-0.3, -0.25) is 0 Å². The highest BCUT2D eigenvalue weighted by Crippen LogP contribution is 2.51. The highest BCUT2D eigenvalue weighted by atomic mass is 79.9. The highest BCUT2D eigenvalue weighted by molar-refractivity contribution is 9.10. The van der Waals surface area contributed by atoms with Gasteiger partial charge in [0, 0.05) is 20.5 Å². The normalized spacial score (nSPS) is 14.1. The molecule has 0 spiro atoms. The number of benzene rings is 5. The van der Waals surface area contributed by atoms with E-state index >= 15 is 0 Å². The molecule has 0 radical (unpaired) electrons. The maximum Gasteiger partial charge on any atom is 0.0490 e. The van der Waals surface area contributed by atoms with Crippen LogP contribution < -0.4 is 0 Å². The number of halogens is 2. The zero-order valence-corrected chi connectivity index (χ0v) is 19.7. The molecule has 5 aromatic rings. The summed E-state index contributed by atoms with van der Waals surface area (Å²) in [6, 6.07) is 30.7. The Morgan fingerprint density at radius 2 is 1.35 bits per heavy atom. The van der Waals surface area contributed by atoms with Gasteiger partial charge in [0.05, 0.1) is 0 Å². The van der Waals surface area contributed by atoms with Crippen molar-refractivity contribution in [3.8, 4) is 22.3 Å². The van der Waals surface area contributed by atoms with Gasteiger partial charge in [-0.25, -0.2) is 0 Å². The van der Waals surface area contributed by atoms with Gasteiger partial charge >= 0.3 is 0 Å². The lowest BCUT2D eigenvalue weighted by Crippen LogP contribution is -2.14. The van der Waals surface area contributed by atoms with E-state index in [4.69, 9.17) is 11.6 Å². The van der Waals surface area contributed by atoms with Crippen LogP contribution in [0.1, 0.15) is 25.0 Å². The van der Waals surface area contributed by atoms with E-state index in [0.29, 0.717) is 0 Å². The van der Waals surface area contributed by atoms with Crippen LogP contribution in [-0.4, -0.2) is 0 Å². The summed E-state index contributed by atoms with van der Waals surface area (Å²) in [6.07, 6.45) is 0. The van der Waals surface area contributed by atoms with E-state index < -0.39 is 0 Å². The minimum absolute atomic E-state index is 0.0360. The maximum atomic E-state index is 6.86. The van der Waals surface area contributed by atoms with Crippen LogP contribution in [0.3, 0.4) is 0 Å². The molecule has 0 aromatic heterocycles. The van der Waals surface area contributed by atoms with Gasteiger partial charge < -0.3 is 0 Å². The first-order valence-corrected chi connectivity index (χ1v) is 11.7. The fraction of sp³-hybridized carbons (Fsp3) is 0.103. The van der Waals surface area contributed by atoms with Crippen molar-refractivity contribution in [2.75, 3.05) is 0 Å². The lowest BCUT2D eigenvalue weighted by atomic mass is 9.81. The van der Waals surface area contributed by atoms with E-state index in [0.717, 1.165) is 20.6 Å². The molecule has 5 aromatic carbocycles. The summed E-state index contributed by atoms with van der Waals surface area (Å²) in [6.45, 7) is 4.61. The molecular weight excluding hydrogens is 464 g/mol. The third-order valence-electron chi connectivity index (χ3n) is 6.78. The molecule has 0 saturated carbocycles. The first-order valence-electron chi connectivity index (χ1n) is 10.5. The topological polar surface area (TPSA) is 0 Å². The zero-order chi connectivity index (χ0) is 21.3. The van der Waals surface area contributed by atoms with Gasteiger partial charge in [0.25, 0.3) is 0 Å². The summed E-state index contributed by atoms with van der Waals surface area (Å²) in [5.74, 6) is 0. The summed E-state index contributed by atoms with van der Waals surface area (Å²) in [5.41, 5.74) is 7.48. The number of rotatable bonds is 1. The van der Waals surface area contributed by atoms with Crippen molar-refractivity contribution in [3.63, 3.8) is 0 Å². The Bertz CT molecular complexity index is 1530. The molecule has 0 atom stereocenters. The average molecular weight is 484 g/mol. The fourth-order valence-corrected chi connectivity index (χ4v) is 5.80. The van der Waals surface area contributed by atoms with Gasteiger partial charge in [-0.15, -0.1) is 0 Å². The Hall–Kier alpha value is -2.61. The van der Waals surface area contributed by atoms with Crippen molar-refractivity contribution in [3.05, 3.63) is 106 Å². The lowest BCUT2D eigenvalue weighted by Gasteiger charge is -2.22. The van der Waals surface area contributed by atoms with Gasteiger partial charge in [-0.2, -0.15) is 0 Å². The monoisotopic (exact) mass is 482 g/mol. The molecule has 0 bridgehead atoms. The molecule has 0 N–H and O–H groups in total. The molecule has 0 unspecified atom stereocenters. The molecule has 0 aliphatic heterocycles. The van der Waals surface area contributed by atoms with Gasteiger partial charge in [0.1, 0.15) is 0 Å². The first kappa shape index (κ1) is 19.1. The summed E-state index contributed by atoms with van der Waals surface area (Å²) in [4.78, 5) is 0. The van der Waals surface area contributed by atoms with Crippen LogP contribution in [-0.2, 0) is 5.41 Å². The van der Waals surface area contributed by atoms with Crippen molar-refractivity contribution in [1.29, 1.82) is 0 Å². The Balaban J connectivity index is 1.55. The van der Waals surface area contributed by atoms with Gasteiger partial charge in [-0.1, -0.05) is 96.0 Å². The van der Waals surface area contributed by atoms with Crippen LogP contribution in [0.5, 0.6) is 0 Å². The second kappa shape index (κ2) is 6.69. The van der Waals surface area contributed by atoms with Gasteiger partial charge in [0.2, 0.25) is 0 Å². The second-order valence-electron chi connectivity index (χ2n) is 8.92. The summed E-state index contributed by atoms with van der Waals surface area (Å²) in [5, 5.41) is 5.80. The van der Waals surface area contributed by atoms with E-state index in [1.54, 1.807) is 0 Å². The highest BCUT2D eigenvalue weighted by Gasteiger charge is 2.35. The van der Waals surface area contributed by atoms with Gasteiger partial charge in [-0.05, 0) is 79.7 Å². The van der Waals surface area contributed by atoms with E-state index in [-0.39, 0.29) is 5.41 Å². The van der Waals surface area contributed by atoms with Crippen molar-refractivity contribution in [1.82, 2.24) is 0 Å². The van der Waals surface area contributed by atoms with E-state index in [1.165, 1.54) is 43.8 Å². The molecule has 0 heterocycles. The predicted octanol–water partition coefficient (Wildman–Crippen LogP) is 9.38. The Morgan fingerprint density at radius 1 is 0.645 bits per heavy atom. The first-order chi connectivity index (χ1) is 14.9. The Kier molecular flexibility index (Phi) is 4.12. The molecule has 2 heteroatoms. The molecule has 0 saturated heterocycles. The average Bonchev–Trinajstić information content (AvgIpc) is 2.99. The molecule has 0 fully saturated rings. The van der Waals surface area contributed by atoms with Gasteiger partial charge in [0.15, 0.2) is 0 Å². The third kappa shape index (κ3) is 2.80. The molecule has 1 aliphatic carbocycles. The number of fused-ring (bicyclic) bond motifs is 6. The molecule has 1 aliphatic rings. The van der Waals surface area contributed by atoms with Crippen LogP contribution in [0, 0.1) is 0 Å². The minimum atomic E-state index is -0.0360. The quantitative estimate of drug-likeness (QED) is 0.208. The lowest BCUT2D eigenvalue weighted by molar-refractivity contribution is 0.660. The largest absolute Gasteiger partial charge is 0.0836 e. The van der Waals surface area contributed by atoms with Crippen molar-refractivity contribution >= 4 is 49.1 Å². The second-order valence-corrected chi connectivity index (χ2v) is 10.2.